The lowest BCUT2D eigenvalue weighted by Gasteiger charge is -2.36. The molecule has 0 bridgehead atoms. The fourth-order valence-electron chi connectivity index (χ4n) is 3.66. The number of benzene rings is 1. The minimum absolute atomic E-state index is 0.00114. The molecule has 182 valence electrons. The smallest absolute Gasteiger partial charge is 0.407 e. The quantitative estimate of drug-likeness (QED) is 0.556. The number of carbonyl (C=O) groups is 1. The van der Waals surface area contributed by atoms with Crippen LogP contribution in [0.15, 0.2) is 30.6 Å². The van der Waals surface area contributed by atoms with Crippen molar-refractivity contribution < 1.29 is 23.4 Å². The average Bonchev–Trinajstić information content (AvgIpc) is 3.21. The van der Waals surface area contributed by atoms with E-state index in [1.807, 2.05) is 19.9 Å². The fourth-order valence-corrected chi connectivity index (χ4v) is 3.66. The van der Waals surface area contributed by atoms with Gasteiger partial charge in [-0.25, -0.2) is 19.2 Å². The van der Waals surface area contributed by atoms with Crippen molar-refractivity contribution in [3.8, 4) is 11.5 Å². The standard InChI is InChI=1S/C24H30FN5O4/c1-14-12-32-20-9-18-21(28-13-27-18)29-22(20)30(14)11-16-8-17(25)6-7-19(16)33-15(2)10-26-23(31)34-24(3,4)5/h6-9,13-15H,10-12H2,1-5H3,(H,26,31)(H,27,28,29)/t14-,15+/m1/s1. The van der Waals surface area contributed by atoms with E-state index in [2.05, 4.69) is 25.2 Å². The number of halogens is 1. The number of carbonyl (C=O) groups excluding carboxylic acids is 1. The van der Waals surface area contributed by atoms with Gasteiger partial charge in [0.2, 0.25) is 0 Å². The minimum Gasteiger partial charge on any atom is -0.489 e. The summed E-state index contributed by atoms with van der Waals surface area (Å²) < 4.78 is 31.4. The molecule has 0 saturated heterocycles. The number of hydrogen-bond donors (Lipinski definition) is 2. The third-order valence-electron chi connectivity index (χ3n) is 5.26. The molecule has 10 heteroatoms. The van der Waals surface area contributed by atoms with Gasteiger partial charge in [0, 0.05) is 18.2 Å². The van der Waals surface area contributed by atoms with Crippen molar-refractivity contribution in [2.45, 2.75) is 58.9 Å². The third-order valence-corrected chi connectivity index (χ3v) is 5.26. The molecule has 2 N–H and O–H groups in total. The Balaban J connectivity index is 1.51. The lowest BCUT2D eigenvalue weighted by atomic mass is 10.1. The Kier molecular flexibility index (Phi) is 6.49. The highest BCUT2D eigenvalue weighted by molar-refractivity contribution is 5.77. The van der Waals surface area contributed by atoms with Gasteiger partial charge in [-0.2, -0.15) is 0 Å². The van der Waals surface area contributed by atoms with Crippen molar-refractivity contribution >= 4 is 23.1 Å². The Morgan fingerprint density at radius 1 is 1.38 bits per heavy atom. The minimum atomic E-state index is -0.584. The van der Waals surface area contributed by atoms with Crippen molar-refractivity contribution in [3.05, 3.63) is 42.0 Å². The number of anilines is 1. The monoisotopic (exact) mass is 471 g/mol. The molecule has 0 radical (unpaired) electrons. The topological polar surface area (TPSA) is 102 Å². The molecule has 34 heavy (non-hydrogen) atoms. The van der Waals surface area contributed by atoms with E-state index in [1.54, 1.807) is 33.2 Å². The molecule has 1 aliphatic rings. The lowest BCUT2D eigenvalue weighted by Crippen LogP contribution is -2.41. The highest BCUT2D eigenvalue weighted by Gasteiger charge is 2.28. The van der Waals surface area contributed by atoms with Crippen LogP contribution < -0.4 is 19.7 Å². The molecule has 0 unspecified atom stereocenters. The first-order chi connectivity index (χ1) is 16.1. The molecule has 0 aliphatic carbocycles. The van der Waals surface area contributed by atoms with E-state index in [0.29, 0.717) is 41.7 Å². The third kappa shape index (κ3) is 5.49. The number of alkyl carbamates (subject to hydrolysis) is 1. The van der Waals surface area contributed by atoms with Gasteiger partial charge in [0.15, 0.2) is 17.2 Å². The van der Waals surface area contributed by atoms with Crippen molar-refractivity contribution in [2.24, 2.45) is 0 Å². The summed E-state index contributed by atoms with van der Waals surface area (Å²) in [6.07, 6.45) is 0.701. The van der Waals surface area contributed by atoms with Gasteiger partial charge in [0.05, 0.1) is 24.4 Å². The predicted molar refractivity (Wildman–Crippen MR) is 126 cm³/mol. The summed E-state index contributed by atoms with van der Waals surface area (Å²) in [4.78, 5) is 25.9. The zero-order valence-electron chi connectivity index (χ0n) is 20.0. The van der Waals surface area contributed by atoms with Crippen LogP contribution in [-0.2, 0) is 11.3 Å². The normalized spacial score (nSPS) is 16.5. The highest BCUT2D eigenvalue weighted by Crippen LogP contribution is 2.36. The zero-order valence-corrected chi connectivity index (χ0v) is 20.0. The first-order valence-corrected chi connectivity index (χ1v) is 11.2. The number of aromatic nitrogens is 3. The van der Waals surface area contributed by atoms with Crippen LogP contribution >= 0.6 is 0 Å². The van der Waals surface area contributed by atoms with Crippen LogP contribution in [0.5, 0.6) is 11.5 Å². The first-order valence-electron chi connectivity index (χ1n) is 11.2. The van der Waals surface area contributed by atoms with E-state index in [9.17, 15) is 9.18 Å². The summed E-state index contributed by atoms with van der Waals surface area (Å²) >= 11 is 0. The molecule has 4 rings (SSSR count). The van der Waals surface area contributed by atoms with E-state index in [-0.39, 0.29) is 24.5 Å². The second-order valence-electron chi connectivity index (χ2n) is 9.44. The number of imidazole rings is 1. The molecular weight excluding hydrogens is 441 g/mol. The Hall–Kier alpha value is -3.56. The molecule has 0 fully saturated rings. The van der Waals surface area contributed by atoms with E-state index in [4.69, 9.17) is 14.2 Å². The molecule has 3 aromatic rings. The second kappa shape index (κ2) is 9.36. The number of H-pyrrole nitrogens is 1. The number of pyridine rings is 1. The Morgan fingerprint density at radius 2 is 2.18 bits per heavy atom. The van der Waals surface area contributed by atoms with Crippen LogP contribution in [0.3, 0.4) is 0 Å². The molecule has 3 heterocycles. The number of rotatable bonds is 6. The Morgan fingerprint density at radius 3 is 2.94 bits per heavy atom. The van der Waals surface area contributed by atoms with Crippen LogP contribution in [0.25, 0.3) is 11.2 Å². The van der Waals surface area contributed by atoms with Crippen molar-refractivity contribution in [1.29, 1.82) is 0 Å². The van der Waals surface area contributed by atoms with Gasteiger partial charge in [0.25, 0.3) is 0 Å². The van der Waals surface area contributed by atoms with Crippen molar-refractivity contribution in [1.82, 2.24) is 20.3 Å². The maximum absolute atomic E-state index is 14.2. The van der Waals surface area contributed by atoms with E-state index < -0.39 is 11.7 Å². The molecule has 0 spiro atoms. The largest absolute Gasteiger partial charge is 0.489 e. The van der Waals surface area contributed by atoms with Crippen LogP contribution in [0, 0.1) is 5.82 Å². The molecule has 0 saturated carbocycles. The number of hydrogen-bond acceptors (Lipinski definition) is 7. The highest BCUT2D eigenvalue weighted by atomic mass is 19.1. The summed E-state index contributed by atoms with van der Waals surface area (Å²) in [5.41, 5.74) is 1.44. The molecule has 1 aliphatic heterocycles. The summed E-state index contributed by atoms with van der Waals surface area (Å²) in [7, 11) is 0. The van der Waals surface area contributed by atoms with Gasteiger partial charge in [0.1, 0.15) is 29.9 Å². The number of nitrogens with one attached hydrogen (secondary N) is 2. The summed E-state index contributed by atoms with van der Waals surface area (Å²) in [6, 6.07) is 6.29. The summed E-state index contributed by atoms with van der Waals surface area (Å²) in [5, 5.41) is 2.70. The van der Waals surface area contributed by atoms with Gasteiger partial charge in [-0.15, -0.1) is 0 Å². The van der Waals surface area contributed by atoms with Crippen molar-refractivity contribution in [2.75, 3.05) is 18.1 Å². The van der Waals surface area contributed by atoms with E-state index >= 15 is 0 Å². The van der Waals surface area contributed by atoms with Crippen molar-refractivity contribution in [3.63, 3.8) is 0 Å². The summed E-state index contributed by atoms with van der Waals surface area (Å²) in [6.45, 7) is 10.3. The Labute approximate surface area is 197 Å². The number of ether oxygens (including phenoxy) is 3. The van der Waals surface area contributed by atoms with Gasteiger partial charge in [-0.3, -0.25) is 0 Å². The van der Waals surface area contributed by atoms with Crippen LogP contribution in [0.2, 0.25) is 0 Å². The van der Waals surface area contributed by atoms with Crippen LogP contribution in [0.1, 0.15) is 40.2 Å². The molecular formula is C24H30FN5O4. The number of fused-ring (bicyclic) bond motifs is 2. The lowest BCUT2D eigenvalue weighted by molar-refractivity contribution is 0.0505. The fraction of sp³-hybridized carbons (Fsp3) is 0.458. The van der Waals surface area contributed by atoms with E-state index in [0.717, 1.165) is 5.52 Å². The average molecular weight is 472 g/mol. The number of aromatic amines is 1. The van der Waals surface area contributed by atoms with Crippen LogP contribution in [0.4, 0.5) is 15.0 Å². The number of nitrogens with zero attached hydrogens (tertiary/aromatic N) is 3. The van der Waals surface area contributed by atoms with Gasteiger partial charge < -0.3 is 29.4 Å². The van der Waals surface area contributed by atoms with Gasteiger partial charge in [-0.05, 0) is 52.8 Å². The second-order valence-corrected chi connectivity index (χ2v) is 9.44. The maximum atomic E-state index is 14.2. The zero-order chi connectivity index (χ0) is 24.5. The maximum Gasteiger partial charge on any atom is 0.407 e. The first kappa shape index (κ1) is 23.6. The summed E-state index contributed by atoms with van der Waals surface area (Å²) in [5.74, 6) is 1.46. The van der Waals surface area contributed by atoms with Gasteiger partial charge in [-0.1, -0.05) is 0 Å². The molecule has 1 amide bonds. The Bertz CT molecular complexity index is 1180. The van der Waals surface area contributed by atoms with Crippen LogP contribution in [-0.4, -0.2) is 51.9 Å². The molecule has 9 nitrogen and oxygen atoms in total. The molecule has 2 atom stereocenters. The molecule has 2 aromatic heterocycles. The van der Waals surface area contributed by atoms with E-state index in [1.165, 1.54) is 12.1 Å². The number of amides is 1. The SMILES string of the molecule is C[C@@H]1COc2cc3[nH]cnc3nc2N1Cc1cc(F)ccc1O[C@@H](C)CNC(=O)OC(C)(C)C. The molecule has 1 aromatic carbocycles. The predicted octanol–water partition coefficient (Wildman–Crippen LogP) is 4.18. The van der Waals surface area contributed by atoms with Gasteiger partial charge >= 0.3 is 6.09 Å².